The van der Waals surface area contributed by atoms with E-state index >= 15 is 0 Å². The van der Waals surface area contributed by atoms with Crippen molar-refractivity contribution in [2.24, 2.45) is 0 Å². The number of ether oxygens (including phenoxy) is 2. The summed E-state index contributed by atoms with van der Waals surface area (Å²) in [6, 6.07) is 7.02. The molecule has 6 rings (SSSR count). The van der Waals surface area contributed by atoms with Crippen molar-refractivity contribution >= 4 is 33.4 Å². The zero-order valence-corrected chi connectivity index (χ0v) is 24.9. The van der Waals surface area contributed by atoms with Gasteiger partial charge < -0.3 is 14.4 Å². The van der Waals surface area contributed by atoms with Crippen LogP contribution in [0.5, 0.6) is 11.8 Å². The van der Waals surface area contributed by atoms with Crippen LogP contribution in [0.2, 0.25) is 5.02 Å². The molecule has 8 heteroatoms. The standard InChI is InChI=1S/C32H40ClN5O2/c1-5-6-7-9-20(3)29-23-16-25(33)28(27-19(2)11-14-26-24(27)17-34-37-26)31(40-22-12-13-22)30(23)36-32(35-29)39-18-21-10-8-15-38(21)4/h11,14,16-17,20-22H,5-10,12-13,15,18H2,1-4H3,(H,34,37)/t20?,21-/m0/s1. The topological polar surface area (TPSA) is 76.2 Å². The van der Waals surface area contributed by atoms with Crippen LogP contribution in [-0.4, -0.2) is 57.4 Å². The second-order valence-electron chi connectivity index (χ2n) is 11.7. The minimum Gasteiger partial charge on any atom is -0.487 e. The number of hydrogen-bond acceptors (Lipinski definition) is 6. The quantitative estimate of drug-likeness (QED) is 0.188. The molecule has 1 N–H and O–H groups in total. The summed E-state index contributed by atoms with van der Waals surface area (Å²) in [7, 11) is 2.16. The summed E-state index contributed by atoms with van der Waals surface area (Å²) < 4.78 is 13.1. The van der Waals surface area contributed by atoms with Crippen molar-refractivity contribution in [1.82, 2.24) is 25.1 Å². The molecule has 0 amide bonds. The predicted octanol–water partition coefficient (Wildman–Crippen LogP) is 7.83. The first-order chi connectivity index (χ1) is 19.4. The lowest BCUT2D eigenvalue weighted by atomic mass is 9.92. The molecule has 1 aliphatic carbocycles. The smallest absolute Gasteiger partial charge is 0.317 e. The van der Waals surface area contributed by atoms with Gasteiger partial charge >= 0.3 is 6.01 Å². The minimum absolute atomic E-state index is 0.168. The number of H-pyrrole nitrogens is 1. The van der Waals surface area contributed by atoms with Crippen molar-refractivity contribution in [3.8, 4) is 22.9 Å². The Morgan fingerprint density at radius 2 is 1.98 bits per heavy atom. The first-order valence-corrected chi connectivity index (χ1v) is 15.3. The van der Waals surface area contributed by atoms with Crippen molar-refractivity contribution in [3.05, 3.63) is 40.7 Å². The first-order valence-electron chi connectivity index (χ1n) is 14.9. The average molecular weight is 562 g/mol. The Morgan fingerprint density at radius 3 is 2.73 bits per heavy atom. The zero-order valence-electron chi connectivity index (χ0n) is 24.1. The van der Waals surface area contributed by atoms with E-state index in [1.165, 1.54) is 19.3 Å². The van der Waals surface area contributed by atoms with Gasteiger partial charge in [-0.15, -0.1) is 0 Å². The third-order valence-corrected chi connectivity index (χ3v) is 8.88. The van der Waals surface area contributed by atoms with Gasteiger partial charge in [-0.1, -0.05) is 50.8 Å². The molecular weight excluding hydrogens is 522 g/mol. The summed E-state index contributed by atoms with van der Waals surface area (Å²) in [6.07, 6.45) is 11.0. The van der Waals surface area contributed by atoms with Crippen LogP contribution >= 0.6 is 11.6 Å². The maximum absolute atomic E-state index is 7.19. The number of likely N-dealkylation sites (N-methyl/N-ethyl adjacent to an activating group) is 1. The number of nitrogens with zero attached hydrogens (tertiary/aromatic N) is 4. The molecule has 7 nitrogen and oxygen atoms in total. The average Bonchev–Trinajstić information content (AvgIpc) is 3.46. The summed E-state index contributed by atoms with van der Waals surface area (Å²) in [5.41, 5.74) is 5.75. The highest BCUT2D eigenvalue weighted by Crippen LogP contribution is 2.48. The Hall–Kier alpha value is -2.90. The lowest BCUT2D eigenvalue weighted by Crippen LogP contribution is -2.31. The van der Waals surface area contributed by atoms with E-state index < -0.39 is 0 Å². The van der Waals surface area contributed by atoms with E-state index in [1.807, 2.05) is 12.3 Å². The van der Waals surface area contributed by atoms with Crippen LogP contribution in [0.3, 0.4) is 0 Å². The largest absolute Gasteiger partial charge is 0.487 e. The van der Waals surface area contributed by atoms with Crippen LogP contribution < -0.4 is 9.47 Å². The Balaban J connectivity index is 1.53. The summed E-state index contributed by atoms with van der Waals surface area (Å²) in [5.74, 6) is 0.970. The molecule has 1 saturated carbocycles. The normalized spacial score (nSPS) is 18.6. The van der Waals surface area contributed by atoms with Crippen LogP contribution in [-0.2, 0) is 0 Å². The fraction of sp³-hybridized carbons (Fsp3) is 0.531. The van der Waals surface area contributed by atoms with E-state index in [1.54, 1.807) is 0 Å². The van der Waals surface area contributed by atoms with Gasteiger partial charge in [-0.3, -0.25) is 5.10 Å². The second-order valence-corrected chi connectivity index (χ2v) is 12.1. The van der Waals surface area contributed by atoms with Crippen molar-refractivity contribution in [3.63, 3.8) is 0 Å². The molecule has 1 saturated heterocycles. The Labute approximate surface area is 241 Å². The number of rotatable bonds is 11. The van der Waals surface area contributed by atoms with Crippen molar-refractivity contribution in [1.29, 1.82) is 0 Å². The maximum atomic E-state index is 7.19. The number of hydrogen-bond donors (Lipinski definition) is 1. The molecule has 4 aromatic rings. The molecule has 0 bridgehead atoms. The van der Waals surface area contributed by atoms with Gasteiger partial charge in [-0.25, -0.2) is 0 Å². The molecule has 2 fully saturated rings. The van der Waals surface area contributed by atoms with Crippen LogP contribution in [0.25, 0.3) is 32.9 Å². The number of likely N-dealkylation sites (tertiary alicyclic amines) is 1. The van der Waals surface area contributed by atoms with E-state index in [0.29, 0.717) is 23.7 Å². The summed E-state index contributed by atoms with van der Waals surface area (Å²) >= 11 is 7.19. The van der Waals surface area contributed by atoms with E-state index in [9.17, 15) is 0 Å². The van der Waals surface area contributed by atoms with Gasteiger partial charge in [0.05, 0.1) is 28.5 Å². The monoisotopic (exact) mass is 561 g/mol. The number of halogens is 1. The molecule has 40 heavy (non-hydrogen) atoms. The number of nitrogens with one attached hydrogen (secondary N) is 1. The Bertz CT molecular complexity index is 1510. The van der Waals surface area contributed by atoms with E-state index in [2.05, 4.69) is 55.0 Å². The first kappa shape index (κ1) is 27.3. The third kappa shape index (κ3) is 5.38. The zero-order chi connectivity index (χ0) is 27.8. The fourth-order valence-corrected chi connectivity index (χ4v) is 6.29. The molecular formula is C32H40ClN5O2. The fourth-order valence-electron chi connectivity index (χ4n) is 6.00. The molecule has 1 unspecified atom stereocenters. The summed E-state index contributed by atoms with van der Waals surface area (Å²) in [4.78, 5) is 12.4. The van der Waals surface area contributed by atoms with Crippen LogP contribution in [0.4, 0.5) is 0 Å². The van der Waals surface area contributed by atoms with Crippen molar-refractivity contribution in [2.45, 2.75) is 90.2 Å². The van der Waals surface area contributed by atoms with E-state index in [0.717, 1.165) is 88.6 Å². The van der Waals surface area contributed by atoms with E-state index in [-0.39, 0.29) is 12.0 Å². The number of aryl methyl sites for hydroxylation is 1. The minimum atomic E-state index is 0.168. The van der Waals surface area contributed by atoms with Crippen LogP contribution in [0.1, 0.15) is 82.4 Å². The van der Waals surface area contributed by atoms with E-state index in [4.69, 9.17) is 31.0 Å². The van der Waals surface area contributed by atoms with Gasteiger partial charge in [-0.05, 0) is 76.2 Å². The summed E-state index contributed by atoms with van der Waals surface area (Å²) in [5, 5.41) is 10.0. The lowest BCUT2D eigenvalue weighted by molar-refractivity contribution is 0.187. The molecule has 2 aliphatic rings. The number of unbranched alkanes of at least 4 members (excludes halogenated alkanes) is 2. The van der Waals surface area contributed by atoms with Crippen molar-refractivity contribution in [2.75, 3.05) is 20.2 Å². The number of benzene rings is 2. The number of fused-ring (bicyclic) bond motifs is 2. The van der Waals surface area contributed by atoms with Gasteiger partial charge in [0.15, 0.2) is 5.75 Å². The number of aromatic nitrogens is 4. The Kier molecular flexibility index (Phi) is 7.87. The molecule has 2 aromatic heterocycles. The van der Waals surface area contributed by atoms with Gasteiger partial charge in [-0.2, -0.15) is 15.1 Å². The molecule has 212 valence electrons. The van der Waals surface area contributed by atoms with Crippen molar-refractivity contribution < 1.29 is 9.47 Å². The highest BCUT2D eigenvalue weighted by molar-refractivity contribution is 6.35. The van der Waals surface area contributed by atoms with Gasteiger partial charge in [0, 0.05) is 27.9 Å². The van der Waals surface area contributed by atoms with Crippen LogP contribution in [0.15, 0.2) is 24.4 Å². The van der Waals surface area contributed by atoms with Gasteiger partial charge in [0.1, 0.15) is 12.1 Å². The predicted molar refractivity (Wildman–Crippen MR) is 162 cm³/mol. The van der Waals surface area contributed by atoms with Gasteiger partial charge in [0.2, 0.25) is 0 Å². The summed E-state index contributed by atoms with van der Waals surface area (Å²) in [6.45, 7) is 8.29. The number of aromatic amines is 1. The highest BCUT2D eigenvalue weighted by atomic mass is 35.5. The molecule has 2 aromatic carbocycles. The second kappa shape index (κ2) is 11.5. The molecule has 0 spiro atoms. The molecule has 0 radical (unpaired) electrons. The van der Waals surface area contributed by atoms with Gasteiger partial charge in [0.25, 0.3) is 0 Å². The molecule has 2 atom stereocenters. The Morgan fingerprint density at radius 1 is 1.12 bits per heavy atom. The lowest BCUT2D eigenvalue weighted by Gasteiger charge is -2.22. The maximum Gasteiger partial charge on any atom is 0.317 e. The highest BCUT2D eigenvalue weighted by Gasteiger charge is 2.31. The SMILES string of the molecule is CCCCCC(C)c1nc(OC[C@@H]2CCCN2C)nc2c(OC3CC3)c(-c3c(C)ccc4[nH]ncc34)c(Cl)cc12. The molecule has 3 heterocycles. The van der Waals surface area contributed by atoms with Crippen LogP contribution in [0, 0.1) is 6.92 Å². The molecule has 1 aliphatic heterocycles. The third-order valence-electron chi connectivity index (χ3n) is 8.58.